The summed E-state index contributed by atoms with van der Waals surface area (Å²) in [7, 11) is -4.47. The quantitative estimate of drug-likeness (QED) is 0.368. The van der Waals surface area contributed by atoms with Crippen molar-refractivity contribution in [3.8, 4) is 0 Å². The van der Waals surface area contributed by atoms with Gasteiger partial charge >= 0.3 is 0 Å². The molecule has 0 heterocycles. The zero-order valence-electron chi connectivity index (χ0n) is 5.95. The van der Waals surface area contributed by atoms with Crippen LogP contribution in [0.25, 0.3) is 0 Å². The highest BCUT2D eigenvalue weighted by Crippen LogP contribution is 2.20. The summed E-state index contributed by atoms with van der Waals surface area (Å²) >= 11 is 0. The molecule has 0 saturated carbocycles. The molecule has 0 radical (unpaired) electrons. The Hall–Kier alpha value is -0.690. The minimum Gasteiger partial charge on any atom is -0.361 e. The van der Waals surface area contributed by atoms with Gasteiger partial charge in [-0.05, 0) is 6.08 Å². The lowest BCUT2D eigenvalue weighted by Gasteiger charge is -2.25. The first-order valence-electron chi connectivity index (χ1n) is 3.11. The maximum atomic E-state index is 10.6. The van der Waals surface area contributed by atoms with Crippen molar-refractivity contribution >= 4 is 10.1 Å². The molecule has 0 aromatic carbocycles. The molecule has 0 fully saturated rings. The summed E-state index contributed by atoms with van der Waals surface area (Å²) in [6.45, 7) is 0. The number of hydrogen-bond donors (Lipinski definition) is 3. The van der Waals surface area contributed by atoms with E-state index < -0.39 is 21.2 Å². The molecule has 0 aromatic rings. The number of hydrogen-bond acceptors (Lipinski definition) is 4. The van der Waals surface area contributed by atoms with Gasteiger partial charge in [-0.15, -0.1) is 0 Å². The Morgan fingerprint density at radius 1 is 1.25 bits per heavy atom. The van der Waals surface area contributed by atoms with Gasteiger partial charge in [0.25, 0.3) is 10.1 Å². The average molecular weight is 192 g/mol. The molecule has 0 aliphatic heterocycles. The molecule has 1 aliphatic rings. The van der Waals surface area contributed by atoms with Gasteiger partial charge in [-0.3, -0.25) is 4.55 Å². The zero-order chi connectivity index (χ0) is 9.41. The third kappa shape index (κ3) is 1.72. The van der Waals surface area contributed by atoms with Gasteiger partial charge in [0.1, 0.15) is 0 Å². The van der Waals surface area contributed by atoms with E-state index in [-0.39, 0.29) is 0 Å². The van der Waals surface area contributed by atoms with Crippen LogP contribution >= 0.6 is 0 Å². The van der Waals surface area contributed by atoms with Gasteiger partial charge in [0.15, 0.2) is 5.25 Å². The summed E-state index contributed by atoms with van der Waals surface area (Å²) in [6, 6.07) is 0. The topological polar surface area (TPSA) is 94.8 Å². The number of rotatable bonds is 1. The predicted molar refractivity (Wildman–Crippen MR) is 40.8 cm³/mol. The maximum absolute atomic E-state index is 10.6. The molecule has 0 spiro atoms. The molecule has 1 atom stereocenters. The molecule has 12 heavy (non-hydrogen) atoms. The van der Waals surface area contributed by atoms with Crippen LogP contribution in [0.5, 0.6) is 0 Å². The van der Waals surface area contributed by atoms with E-state index in [4.69, 9.17) is 14.8 Å². The van der Waals surface area contributed by atoms with Crippen LogP contribution in [0.4, 0.5) is 0 Å². The lowest BCUT2D eigenvalue weighted by molar-refractivity contribution is -0.113. The van der Waals surface area contributed by atoms with Crippen molar-refractivity contribution in [3.63, 3.8) is 0 Å². The van der Waals surface area contributed by atoms with E-state index in [9.17, 15) is 8.42 Å². The predicted octanol–water partition coefficient (Wildman–Crippen LogP) is -0.950. The Bertz CT molecular complexity index is 324. The van der Waals surface area contributed by atoms with Gasteiger partial charge in [-0.2, -0.15) is 8.42 Å². The highest BCUT2D eigenvalue weighted by Gasteiger charge is 2.40. The zero-order valence-corrected chi connectivity index (χ0v) is 6.77. The lowest BCUT2D eigenvalue weighted by atomic mass is 10.1. The summed E-state index contributed by atoms with van der Waals surface area (Å²) < 4.78 is 29.6. The average Bonchev–Trinajstić information content (AvgIpc) is 1.83. The molecule has 0 amide bonds. The van der Waals surface area contributed by atoms with E-state index in [2.05, 4.69) is 0 Å². The van der Waals surface area contributed by atoms with Crippen LogP contribution in [-0.2, 0) is 10.1 Å². The Morgan fingerprint density at radius 3 is 2.17 bits per heavy atom. The van der Waals surface area contributed by atoms with Crippen molar-refractivity contribution < 1.29 is 23.2 Å². The normalized spacial score (nSPS) is 27.4. The van der Waals surface area contributed by atoms with Crippen LogP contribution in [0.15, 0.2) is 24.3 Å². The molecule has 6 heteroatoms. The Kier molecular flexibility index (Phi) is 2.09. The van der Waals surface area contributed by atoms with Gasteiger partial charge in [0.2, 0.25) is 5.79 Å². The van der Waals surface area contributed by atoms with E-state index in [0.29, 0.717) is 0 Å². The SMILES string of the molecule is O=S(=O)(O)C1C=CC=CC1(O)O. The monoisotopic (exact) mass is 192 g/mol. The number of aliphatic hydroxyl groups is 2. The second kappa shape index (κ2) is 2.67. The molecular weight excluding hydrogens is 184 g/mol. The molecule has 3 N–H and O–H groups in total. The van der Waals surface area contributed by atoms with Crippen molar-refractivity contribution in [1.82, 2.24) is 0 Å². The third-order valence-corrected chi connectivity index (χ3v) is 2.62. The molecule has 0 bridgehead atoms. The first kappa shape index (κ1) is 9.40. The van der Waals surface area contributed by atoms with Gasteiger partial charge in [-0.25, -0.2) is 0 Å². The van der Waals surface area contributed by atoms with Crippen LogP contribution in [0, 0.1) is 0 Å². The van der Waals surface area contributed by atoms with E-state index in [1.165, 1.54) is 12.2 Å². The molecule has 0 saturated heterocycles. The summed E-state index contributed by atoms with van der Waals surface area (Å²) in [5, 5.41) is 16.4. The molecule has 5 nitrogen and oxygen atoms in total. The van der Waals surface area contributed by atoms with Crippen molar-refractivity contribution in [1.29, 1.82) is 0 Å². The smallest absolute Gasteiger partial charge is 0.277 e. The fourth-order valence-corrected chi connectivity index (χ4v) is 1.72. The van der Waals surface area contributed by atoms with Crippen LogP contribution < -0.4 is 0 Å². The van der Waals surface area contributed by atoms with E-state index >= 15 is 0 Å². The molecule has 1 aliphatic carbocycles. The van der Waals surface area contributed by atoms with Gasteiger partial charge < -0.3 is 10.2 Å². The third-order valence-electron chi connectivity index (χ3n) is 1.48. The van der Waals surface area contributed by atoms with Crippen LogP contribution in [0.2, 0.25) is 0 Å². The maximum Gasteiger partial charge on any atom is 0.277 e. The molecule has 1 unspecified atom stereocenters. The summed E-state index contributed by atoms with van der Waals surface area (Å²) in [6.07, 6.45) is 4.46. The standard InChI is InChI=1S/C6H8O5S/c7-6(8)4-2-1-3-5(6)12(9,10)11/h1-5,7-8H,(H,9,10,11). The van der Waals surface area contributed by atoms with E-state index in [1.54, 1.807) is 0 Å². The van der Waals surface area contributed by atoms with Crippen molar-refractivity contribution in [2.24, 2.45) is 0 Å². The largest absolute Gasteiger partial charge is 0.361 e. The first-order valence-corrected chi connectivity index (χ1v) is 4.61. The van der Waals surface area contributed by atoms with E-state index in [0.717, 1.165) is 12.2 Å². The molecule has 68 valence electrons. The lowest BCUT2D eigenvalue weighted by Crippen LogP contribution is -2.44. The molecule has 0 aromatic heterocycles. The molecular formula is C6H8O5S. The second-order valence-electron chi connectivity index (χ2n) is 2.46. The van der Waals surface area contributed by atoms with Gasteiger partial charge in [-0.1, -0.05) is 18.2 Å². The van der Waals surface area contributed by atoms with Crippen molar-refractivity contribution in [2.45, 2.75) is 11.0 Å². The van der Waals surface area contributed by atoms with Crippen LogP contribution in [0.1, 0.15) is 0 Å². The highest BCUT2D eigenvalue weighted by molar-refractivity contribution is 7.86. The Labute approximate surface area is 69.4 Å². The highest BCUT2D eigenvalue weighted by atomic mass is 32.2. The van der Waals surface area contributed by atoms with E-state index in [1.807, 2.05) is 0 Å². The van der Waals surface area contributed by atoms with Gasteiger partial charge in [0, 0.05) is 0 Å². The van der Waals surface area contributed by atoms with Crippen molar-refractivity contribution in [3.05, 3.63) is 24.3 Å². The Morgan fingerprint density at radius 2 is 1.83 bits per heavy atom. The van der Waals surface area contributed by atoms with Crippen LogP contribution in [0.3, 0.4) is 0 Å². The summed E-state index contributed by atoms with van der Waals surface area (Å²) in [5.74, 6) is -2.53. The van der Waals surface area contributed by atoms with Crippen molar-refractivity contribution in [2.75, 3.05) is 0 Å². The first-order chi connectivity index (χ1) is 5.34. The van der Waals surface area contributed by atoms with Crippen LogP contribution in [-0.4, -0.2) is 34.2 Å². The Balaban J connectivity index is 3.08. The van der Waals surface area contributed by atoms with Gasteiger partial charge in [0.05, 0.1) is 0 Å². The molecule has 1 rings (SSSR count). The fourth-order valence-electron chi connectivity index (χ4n) is 0.917. The second-order valence-corrected chi connectivity index (χ2v) is 4.00. The number of allylic oxidation sites excluding steroid dienone is 2. The summed E-state index contributed by atoms with van der Waals surface area (Å²) in [5.41, 5.74) is 0. The minimum absolute atomic E-state index is 0.880. The summed E-state index contributed by atoms with van der Waals surface area (Å²) in [4.78, 5) is 0. The minimum atomic E-state index is -4.47. The fraction of sp³-hybridized carbons (Fsp3) is 0.333.